The molecule has 4 heteroatoms. The normalized spacial score (nSPS) is 13.2. The lowest BCUT2D eigenvalue weighted by Crippen LogP contribution is -2.00. The van der Waals surface area contributed by atoms with Gasteiger partial charge in [0.2, 0.25) is 0 Å². The second-order valence-corrected chi connectivity index (χ2v) is 7.07. The lowest BCUT2D eigenvalue weighted by Gasteiger charge is -2.11. The van der Waals surface area contributed by atoms with E-state index in [2.05, 4.69) is 0 Å². The standard InChI is InChI=1S/C15H15ClO2S/c1-11-6-8-12(9-7-11)15(16)13-4-3-5-14(10-13)19(2,17)18/h3-10,15H,1-2H3. The fraction of sp³-hybridized carbons (Fsp3) is 0.200. The molecule has 0 saturated carbocycles. The summed E-state index contributed by atoms with van der Waals surface area (Å²) in [5.41, 5.74) is 2.91. The summed E-state index contributed by atoms with van der Waals surface area (Å²) in [6, 6.07) is 14.7. The van der Waals surface area contributed by atoms with Gasteiger partial charge in [0.05, 0.1) is 10.3 Å². The molecular weight excluding hydrogens is 280 g/mol. The zero-order valence-corrected chi connectivity index (χ0v) is 12.4. The number of rotatable bonds is 3. The molecule has 0 aliphatic carbocycles. The Kier molecular flexibility index (Phi) is 3.97. The summed E-state index contributed by atoms with van der Waals surface area (Å²) in [5, 5.41) is -0.345. The van der Waals surface area contributed by atoms with E-state index < -0.39 is 9.84 Å². The number of alkyl halides is 1. The highest BCUT2D eigenvalue weighted by molar-refractivity contribution is 7.90. The quantitative estimate of drug-likeness (QED) is 0.808. The van der Waals surface area contributed by atoms with Crippen LogP contribution < -0.4 is 0 Å². The van der Waals surface area contributed by atoms with Crippen LogP contribution in [0.4, 0.5) is 0 Å². The molecule has 0 N–H and O–H groups in total. The fourth-order valence-corrected chi connectivity index (χ4v) is 2.79. The molecule has 0 saturated heterocycles. The predicted octanol–water partition coefficient (Wildman–Crippen LogP) is 3.73. The van der Waals surface area contributed by atoms with Crippen molar-refractivity contribution in [3.8, 4) is 0 Å². The maximum absolute atomic E-state index is 11.5. The molecule has 0 bridgehead atoms. The molecule has 0 amide bonds. The molecule has 2 aromatic rings. The van der Waals surface area contributed by atoms with Crippen molar-refractivity contribution >= 4 is 21.4 Å². The van der Waals surface area contributed by atoms with E-state index in [0.29, 0.717) is 4.90 Å². The highest BCUT2D eigenvalue weighted by Gasteiger charge is 2.14. The van der Waals surface area contributed by atoms with Gasteiger partial charge in [-0.1, -0.05) is 42.0 Å². The summed E-state index contributed by atoms with van der Waals surface area (Å²) in [7, 11) is -3.21. The molecule has 1 atom stereocenters. The van der Waals surface area contributed by atoms with Gasteiger partial charge in [-0.15, -0.1) is 11.6 Å². The number of benzene rings is 2. The van der Waals surface area contributed by atoms with Crippen molar-refractivity contribution in [2.75, 3.05) is 6.26 Å². The van der Waals surface area contributed by atoms with Crippen LogP contribution in [0.15, 0.2) is 53.4 Å². The molecule has 0 radical (unpaired) electrons. The second kappa shape index (κ2) is 5.35. The zero-order valence-electron chi connectivity index (χ0n) is 10.8. The highest BCUT2D eigenvalue weighted by Crippen LogP contribution is 2.30. The summed E-state index contributed by atoms with van der Waals surface area (Å²) < 4.78 is 23.1. The number of hydrogen-bond acceptors (Lipinski definition) is 2. The van der Waals surface area contributed by atoms with E-state index >= 15 is 0 Å². The topological polar surface area (TPSA) is 34.1 Å². The maximum atomic E-state index is 11.5. The Bertz CT molecular complexity index is 676. The van der Waals surface area contributed by atoms with E-state index in [1.165, 1.54) is 6.26 Å². The van der Waals surface area contributed by atoms with Crippen molar-refractivity contribution in [2.24, 2.45) is 0 Å². The Morgan fingerprint density at radius 1 is 1.00 bits per heavy atom. The van der Waals surface area contributed by atoms with Gasteiger partial charge in [-0.3, -0.25) is 0 Å². The van der Waals surface area contributed by atoms with Gasteiger partial charge < -0.3 is 0 Å². The van der Waals surface area contributed by atoms with Crippen molar-refractivity contribution in [1.29, 1.82) is 0 Å². The first-order valence-corrected chi connectivity index (χ1v) is 8.21. The van der Waals surface area contributed by atoms with Gasteiger partial charge in [0.25, 0.3) is 0 Å². The van der Waals surface area contributed by atoms with Crippen molar-refractivity contribution in [1.82, 2.24) is 0 Å². The predicted molar refractivity (Wildman–Crippen MR) is 78.4 cm³/mol. The Morgan fingerprint density at radius 2 is 1.63 bits per heavy atom. The first-order chi connectivity index (χ1) is 8.88. The van der Waals surface area contributed by atoms with E-state index in [0.717, 1.165) is 16.7 Å². The summed E-state index contributed by atoms with van der Waals surface area (Å²) in [4.78, 5) is 0.294. The Labute approximate surface area is 119 Å². The van der Waals surface area contributed by atoms with Gasteiger partial charge in [0.1, 0.15) is 0 Å². The van der Waals surface area contributed by atoms with E-state index in [1.807, 2.05) is 37.3 Å². The minimum absolute atomic E-state index is 0.294. The molecule has 19 heavy (non-hydrogen) atoms. The minimum atomic E-state index is -3.21. The summed E-state index contributed by atoms with van der Waals surface area (Å²) in [6.07, 6.45) is 1.20. The SMILES string of the molecule is Cc1ccc(C(Cl)c2cccc(S(C)(=O)=O)c2)cc1. The molecule has 1 unspecified atom stereocenters. The van der Waals surface area contributed by atoms with Crippen molar-refractivity contribution < 1.29 is 8.42 Å². The van der Waals surface area contributed by atoms with Crippen molar-refractivity contribution in [2.45, 2.75) is 17.2 Å². The summed E-state index contributed by atoms with van der Waals surface area (Å²) >= 11 is 6.41. The smallest absolute Gasteiger partial charge is 0.175 e. The third kappa shape index (κ3) is 3.37. The van der Waals surface area contributed by atoms with Crippen LogP contribution in [0.2, 0.25) is 0 Å². The molecule has 2 rings (SSSR count). The highest BCUT2D eigenvalue weighted by atomic mass is 35.5. The van der Waals surface area contributed by atoms with Gasteiger partial charge in [-0.05, 0) is 30.2 Å². The van der Waals surface area contributed by atoms with Crippen molar-refractivity contribution in [3.05, 3.63) is 65.2 Å². The molecule has 0 fully saturated rings. The van der Waals surface area contributed by atoms with Crippen LogP contribution in [-0.4, -0.2) is 14.7 Å². The third-order valence-corrected chi connectivity index (χ3v) is 4.56. The van der Waals surface area contributed by atoms with Crippen LogP contribution in [-0.2, 0) is 9.84 Å². The van der Waals surface area contributed by atoms with Crippen LogP contribution in [0.3, 0.4) is 0 Å². The first-order valence-electron chi connectivity index (χ1n) is 5.88. The van der Waals surface area contributed by atoms with Crippen LogP contribution in [0.25, 0.3) is 0 Å². The number of hydrogen-bond donors (Lipinski definition) is 0. The molecule has 0 aromatic heterocycles. The van der Waals surface area contributed by atoms with Gasteiger partial charge in [0, 0.05) is 6.26 Å². The second-order valence-electron chi connectivity index (χ2n) is 4.62. The maximum Gasteiger partial charge on any atom is 0.175 e. The van der Waals surface area contributed by atoms with Crippen LogP contribution >= 0.6 is 11.6 Å². The van der Waals surface area contributed by atoms with E-state index in [1.54, 1.807) is 18.2 Å². The van der Waals surface area contributed by atoms with E-state index in [-0.39, 0.29) is 5.38 Å². The Hall–Kier alpha value is -1.32. The van der Waals surface area contributed by atoms with Crippen LogP contribution in [0.1, 0.15) is 22.1 Å². The first kappa shape index (κ1) is 14.1. The van der Waals surface area contributed by atoms with Gasteiger partial charge in [-0.25, -0.2) is 8.42 Å². The molecule has 0 heterocycles. The average molecular weight is 295 g/mol. The van der Waals surface area contributed by atoms with Crippen LogP contribution in [0, 0.1) is 6.92 Å². The molecular formula is C15H15ClO2S. The third-order valence-electron chi connectivity index (χ3n) is 2.95. The van der Waals surface area contributed by atoms with Crippen molar-refractivity contribution in [3.63, 3.8) is 0 Å². The average Bonchev–Trinajstić information content (AvgIpc) is 2.38. The number of halogens is 1. The Balaban J connectivity index is 2.39. The Morgan fingerprint density at radius 3 is 2.21 bits per heavy atom. The molecule has 2 nitrogen and oxygen atoms in total. The number of aryl methyl sites for hydroxylation is 1. The lowest BCUT2D eigenvalue weighted by atomic mass is 10.0. The van der Waals surface area contributed by atoms with E-state index in [9.17, 15) is 8.42 Å². The molecule has 0 aliphatic rings. The van der Waals surface area contributed by atoms with E-state index in [4.69, 9.17) is 11.6 Å². The molecule has 0 spiro atoms. The lowest BCUT2D eigenvalue weighted by molar-refractivity contribution is 0.601. The van der Waals surface area contributed by atoms with Gasteiger partial charge in [0.15, 0.2) is 9.84 Å². The molecule has 100 valence electrons. The fourth-order valence-electron chi connectivity index (χ4n) is 1.83. The molecule has 0 aliphatic heterocycles. The summed E-state index contributed by atoms with van der Waals surface area (Å²) in [6.45, 7) is 2.01. The zero-order chi connectivity index (χ0) is 14.0. The number of sulfone groups is 1. The minimum Gasteiger partial charge on any atom is -0.224 e. The monoisotopic (exact) mass is 294 g/mol. The largest absolute Gasteiger partial charge is 0.224 e. The van der Waals surface area contributed by atoms with Crippen LogP contribution in [0.5, 0.6) is 0 Å². The van der Waals surface area contributed by atoms with Gasteiger partial charge >= 0.3 is 0 Å². The molecule has 2 aromatic carbocycles. The summed E-state index contributed by atoms with van der Waals surface area (Å²) in [5.74, 6) is 0. The van der Waals surface area contributed by atoms with Gasteiger partial charge in [-0.2, -0.15) is 0 Å².